The minimum Gasteiger partial charge on any atom is -0.462 e. The first-order valence-corrected chi connectivity index (χ1v) is 6.77. The Bertz CT molecular complexity index is 239. The van der Waals surface area contributed by atoms with Gasteiger partial charge in [0.25, 0.3) is 0 Å². The highest BCUT2D eigenvalue weighted by molar-refractivity contribution is 5.69. The molecule has 0 aromatic rings. The van der Waals surface area contributed by atoms with Crippen LogP contribution in [0.1, 0.15) is 53.4 Å². The smallest absolute Gasteiger partial charge is 0.306 e. The van der Waals surface area contributed by atoms with Crippen LogP contribution in [0.25, 0.3) is 0 Å². The van der Waals surface area contributed by atoms with E-state index >= 15 is 0 Å². The van der Waals surface area contributed by atoms with Crippen LogP contribution in [0.3, 0.4) is 0 Å². The summed E-state index contributed by atoms with van der Waals surface area (Å²) in [5, 5.41) is 3.27. The molecule has 1 aliphatic heterocycles. The van der Waals surface area contributed by atoms with Gasteiger partial charge in [-0.2, -0.15) is 0 Å². The molecule has 1 N–H and O–H groups in total. The molecule has 1 aliphatic rings. The number of hydrogen-bond donors (Lipinski definition) is 1. The van der Waals surface area contributed by atoms with Crippen LogP contribution in [-0.4, -0.2) is 25.2 Å². The molecule has 1 fully saturated rings. The lowest BCUT2D eigenvalue weighted by Crippen LogP contribution is -2.34. The zero-order valence-corrected chi connectivity index (χ0v) is 11.7. The minimum absolute atomic E-state index is 0.0198. The van der Waals surface area contributed by atoms with Crippen LogP contribution in [0.4, 0.5) is 0 Å². The maximum Gasteiger partial charge on any atom is 0.306 e. The molecule has 0 aliphatic carbocycles. The Balaban J connectivity index is 2.23. The normalized spacial score (nSPS) is 20.0. The van der Waals surface area contributed by atoms with Crippen molar-refractivity contribution in [3.63, 3.8) is 0 Å². The second kappa shape index (κ2) is 6.39. The molecule has 0 bridgehead atoms. The van der Waals surface area contributed by atoms with Crippen molar-refractivity contribution in [2.75, 3.05) is 13.1 Å². The second-order valence-electron chi connectivity index (χ2n) is 6.51. The van der Waals surface area contributed by atoms with Gasteiger partial charge in [-0.25, -0.2) is 0 Å². The van der Waals surface area contributed by atoms with E-state index in [4.69, 9.17) is 4.74 Å². The molecule has 3 heteroatoms. The SMILES string of the molecule is CC(CC(=O)OC1CCNCC1)CC(C)(C)C. The number of ether oxygens (including phenoxy) is 1. The van der Waals surface area contributed by atoms with Gasteiger partial charge in [0, 0.05) is 6.42 Å². The molecule has 0 aromatic carbocycles. The lowest BCUT2D eigenvalue weighted by Gasteiger charge is -2.25. The summed E-state index contributed by atoms with van der Waals surface area (Å²) in [5.41, 5.74) is 0.286. The summed E-state index contributed by atoms with van der Waals surface area (Å²) < 4.78 is 5.50. The van der Waals surface area contributed by atoms with E-state index in [-0.39, 0.29) is 17.5 Å². The average molecular weight is 241 g/mol. The zero-order chi connectivity index (χ0) is 12.9. The Labute approximate surface area is 105 Å². The van der Waals surface area contributed by atoms with E-state index < -0.39 is 0 Å². The topological polar surface area (TPSA) is 38.3 Å². The van der Waals surface area contributed by atoms with E-state index in [1.165, 1.54) is 0 Å². The lowest BCUT2D eigenvalue weighted by molar-refractivity contribution is -0.151. The highest BCUT2D eigenvalue weighted by atomic mass is 16.5. The summed E-state index contributed by atoms with van der Waals surface area (Å²) in [6, 6.07) is 0. The molecular formula is C14H27NO2. The first-order chi connectivity index (χ1) is 7.87. The van der Waals surface area contributed by atoms with Gasteiger partial charge in [-0.15, -0.1) is 0 Å². The molecule has 1 saturated heterocycles. The van der Waals surface area contributed by atoms with Crippen molar-refractivity contribution < 1.29 is 9.53 Å². The second-order valence-corrected chi connectivity index (χ2v) is 6.51. The third-order valence-electron chi connectivity index (χ3n) is 3.06. The molecule has 0 amide bonds. The van der Waals surface area contributed by atoms with Crippen molar-refractivity contribution in [1.29, 1.82) is 0 Å². The first kappa shape index (κ1) is 14.5. The molecule has 17 heavy (non-hydrogen) atoms. The van der Waals surface area contributed by atoms with Crippen LogP contribution in [-0.2, 0) is 9.53 Å². The van der Waals surface area contributed by atoms with E-state index in [9.17, 15) is 4.79 Å². The Hall–Kier alpha value is -0.570. The summed E-state index contributed by atoms with van der Waals surface area (Å²) >= 11 is 0. The van der Waals surface area contributed by atoms with Gasteiger partial charge >= 0.3 is 5.97 Å². The van der Waals surface area contributed by atoms with Crippen LogP contribution < -0.4 is 5.32 Å². The number of carbonyl (C=O) groups is 1. The third kappa shape index (κ3) is 6.67. The van der Waals surface area contributed by atoms with Crippen molar-refractivity contribution in [3.05, 3.63) is 0 Å². The van der Waals surface area contributed by atoms with Gasteiger partial charge in [0.2, 0.25) is 0 Å². The van der Waals surface area contributed by atoms with Gasteiger partial charge in [0.1, 0.15) is 6.10 Å². The zero-order valence-electron chi connectivity index (χ0n) is 11.7. The Morgan fingerprint density at radius 1 is 1.35 bits per heavy atom. The fraction of sp³-hybridized carbons (Fsp3) is 0.929. The first-order valence-electron chi connectivity index (χ1n) is 6.77. The average Bonchev–Trinajstić information content (AvgIpc) is 2.15. The fourth-order valence-electron chi connectivity index (χ4n) is 2.55. The summed E-state index contributed by atoms with van der Waals surface area (Å²) in [6.45, 7) is 10.7. The highest BCUT2D eigenvalue weighted by Gasteiger charge is 2.21. The number of rotatable bonds is 4. The van der Waals surface area contributed by atoms with Crippen LogP contribution in [0.5, 0.6) is 0 Å². The third-order valence-corrected chi connectivity index (χ3v) is 3.06. The quantitative estimate of drug-likeness (QED) is 0.769. The molecule has 0 spiro atoms. The molecular weight excluding hydrogens is 214 g/mol. The van der Waals surface area contributed by atoms with Gasteiger partial charge in [-0.05, 0) is 43.7 Å². The van der Waals surface area contributed by atoms with Crippen LogP contribution in [0.2, 0.25) is 0 Å². The van der Waals surface area contributed by atoms with Gasteiger partial charge in [-0.3, -0.25) is 4.79 Å². The molecule has 0 aromatic heterocycles. The largest absolute Gasteiger partial charge is 0.462 e. The predicted octanol–water partition coefficient (Wildman–Crippen LogP) is 2.74. The highest BCUT2D eigenvalue weighted by Crippen LogP contribution is 2.26. The van der Waals surface area contributed by atoms with Crippen molar-refractivity contribution in [2.24, 2.45) is 11.3 Å². The van der Waals surface area contributed by atoms with Crippen molar-refractivity contribution >= 4 is 5.97 Å². The van der Waals surface area contributed by atoms with Crippen LogP contribution >= 0.6 is 0 Å². The van der Waals surface area contributed by atoms with Crippen molar-refractivity contribution in [3.8, 4) is 0 Å². The Morgan fingerprint density at radius 3 is 2.47 bits per heavy atom. The summed E-state index contributed by atoms with van der Waals surface area (Å²) in [4.78, 5) is 11.8. The Kier molecular flexibility index (Phi) is 5.44. The standard InChI is InChI=1S/C14H27NO2/c1-11(10-14(2,3)4)9-13(16)17-12-5-7-15-8-6-12/h11-12,15H,5-10H2,1-4H3. The summed E-state index contributed by atoms with van der Waals surface area (Å²) in [7, 11) is 0. The van der Waals surface area contributed by atoms with Crippen LogP contribution in [0, 0.1) is 11.3 Å². The number of carbonyl (C=O) groups excluding carboxylic acids is 1. The van der Waals surface area contributed by atoms with Gasteiger partial charge < -0.3 is 10.1 Å². The number of hydrogen-bond acceptors (Lipinski definition) is 3. The Morgan fingerprint density at radius 2 is 1.94 bits per heavy atom. The van der Waals surface area contributed by atoms with Gasteiger partial charge in [0.15, 0.2) is 0 Å². The maximum atomic E-state index is 11.8. The molecule has 100 valence electrons. The van der Waals surface area contributed by atoms with E-state index in [0.717, 1.165) is 32.4 Å². The minimum atomic E-state index is -0.0198. The summed E-state index contributed by atoms with van der Waals surface area (Å²) in [5.74, 6) is 0.387. The van der Waals surface area contributed by atoms with Crippen molar-refractivity contribution in [1.82, 2.24) is 5.32 Å². The molecule has 1 atom stereocenters. The monoisotopic (exact) mass is 241 g/mol. The lowest BCUT2D eigenvalue weighted by atomic mass is 9.84. The molecule has 3 nitrogen and oxygen atoms in total. The number of esters is 1. The molecule has 0 radical (unpaired) electrons. The number of piperidine rings is 1. The maximum absolute atomic E-state index is 11.8. The summed E-state index contributed by atoms with van der Waals surface area (Å²) in [6.07, 6.45) is 3.68. The molecule has 1 rings (SSSR count). The molecule has 1 heterocycles. The van der Waals surface area contributed by atoms with Crippen LogP contribution in [0.15, 0.2) is 0 Å². The van der Waals surface area contributed by atoms with E-state index in [1.54, 1.807) is 0 Å². The van der Waals surface area contributed by atoms with E-state index in [1.807, 2.05) is 0 Å². The number of nitrogens with one attached hydrogen (secondary N) is 1. The van der Waals surface area contributed by atoms with Crippen molar-refractivity contribution in [2.45, 2.75) is 59.5 Å². The van der Waals surface area contributed by atoms with Gasteiger partial charge in [0.05, 0.1) is 0 Å². The molecule has 1 unspecified atom stereocenters. The van der Waals surface area contributed by atoms with E-state index in [2.05, 4.69) is 33.0 Å². The van der Waals surface area contributed by atoms with Gasteiger partial charge in [-0.1, -0.05) is 27.7 Å². The molecule has 0 saturated carbocycles. The fourth-order valence-corrected chi connectivity index (χ4v) is 2.55. The predicted molar refractivity (Wildman–Crippen MR) is 69.8 cm³/mol. The van der Waals surface area contributed by atoms with E-state index in [0.29, 0.717) is 12.3 Å².